The first kappa shape index (κ1) is 8.87. The molecule has 0 saturated heterocycles. The van der Waals surface area contributed by atoms with E-state index < -0.39 is 0 Å². The fourth-order valence-corrected chi connectivity index (χ4v) is 1.48. The molecule has 1 aromatic carbocycles. The molecule has 0 saturated carbocycles. The lowest BCUT2D eigenvalue weighted by molar-refractivity contribution is 0.296. The number of oxime groups is 1. The number of methoxy groups -OCH3 is 1. The zero-order valence-electron chi connectivity index (χ0n) is 7.86. The van der Waals surface area contributed by atoms with Crippen LogP contribution in [0.4, 0.5) is 0 Å². The molecule has 1 N–H and O–H groups in total. The van der Waals surface area contributed by atoms with Crippen LogP contribution < -0.4 is 9.47 Å². The van der Waals surface area contributed by atoms with Crippen molar-refractivity contribution in [3.05, 3.63) is 23.8 Å². The first-order valence-corrected chi connectivity index (χ1v) is 4.37. The van der Waals surface area contributed by atoms with Gasteiger partial charge < -0.3 is 14.7 Å². The van der Waals surface area contributed by atoms with E-state index in [0.29, 0.717) is 24.5 Å². The van der Waals surface area contributed by atoms with Crippen LogP contribution in [0.1, 0.15) is 12.0 Å². The van der Waals surface area contributed by atoms with Gasteiger partial charge in [0.2, 0.25) is 0 Å². The third-order valence-corrected chi connectivity index (χ3v) is 2.22. The molecule has 0 amide bonds. The van der Waals surface area contributed by atoms with Crippen molar-refractivity contribution < 1.29 is 14.7 Å². The van der Waals surface area contributed by atoms with Crippen molar-refractivity contribution in [3.63, 3.8) is 0 Å². The van der Waals surface area contributed by atoms with Crippen LogP contribution in [-0.2, 0) is 0 Å². The Hall–Kier alpha value is -1.71. The zero-order chi connectivity index (χ0) is 9.97. The van der Waals surface area contributed by atoms with E-state index in [-0.39, 0.29) is 0 Å². The van der Waals surface area contributed by atoms with Crippen LogP contribution in [-0.4, -0.2) is 24.6 Å². The van der Waals surface area contributed by atoms with E-state index >= 15 is 0 Å². The standard InChI is InChI=1S/C10H11NO3/c1-13-7-2-3-8-9(11-12)4-5-14-10(8)6-7/h2-3,6,12H,4-5H2,1H3. The van der Waals surface area contributed by atoms with Gasteiger partial charge in [-0.2, -0.15) is 0 Å². The molecular weight excluding hydrogens is 182 g/mol. The summed E-state index contributed by atoms with van der Waals surface area (Å²) in [5.74, 6) is 1.45. The summed E-state index contributed by atoms with van der Waals surface area (Å²) in [6, 6.07) is 5.45. The van der Waals surface area contributed by atoms with Crippen molar-refractivity contribution in [3.8, 4) is 11.5 Å². The molecule has 1 aliphatic rings. The lowest BCUT2D eigenvalue weighted by Crippen LogP contribution is -2.16. The average Bonchev–Trinajstić information content (AvgIpc) is 2.27. The summed E-state index contributed by atoms with van der Waals surface area (Å²) in [7, 11) is 1.60. The molecule has 4 nitrogen and oxygen atoms in total. The lowest BCUT2D eigenvalue weighted by atomic mass is 10.0. The van der Waals surface area contributed by atoms with Gasteiger partial charge in [-0.3, -0.25) is 0 Å². The van der Waals surface area contributed by atoms with Crippen molar-refractivity contribution in [2.24, 2.45) is 5.16 Å². The molecule has 0 fully saturated rings. The number of rotatable bonds is 1. The van der Waals surface area contributed by atoms with E-state index in [2.05, 4.69) is 5.16 Å². The summed E-state index contributed by atoms with van der Waals surface area (Å²) in [5.41, 5.74) is 1.49. The number of fused-ring (bicyclic) bond motifs is 1. The first-order chi connectivity index (χ1) is 6.85. The van der Waals surface area contributed by atoms with Crippen molar-refractivity contribution in [1.29, 1.82) is 0 Å². The number of nitrogens with zero attached hydrogens (tertiary/aromatic N) is 1. The predicted molar refractivity (Wildman–Crippen MR) is 51.4 cm³/mol. The minimum absolute atomic E-state index is 0.541. The first-order valence-electron chi connectivity index (χ1n) is 4.37. The highest BCUT2D eigenvalue weighted by Gasteiger charge is 2.17. The second-order valence-corrected chi connectivity index (χ2v) is 3.01. The van der Waals surface area contributed by atoms with Gasteiger partial charge in [0.15, 0.2) is 0 Å². The summed E-state index contributed by atoms with van der Waals surface area (Å²) in [6.07, 6.45) is 0.635. The second kappa shape index (κ2) is 3.57. The number of benzene rings is 1. The Labute approximate surface area is 81.8 Å². The smallest absolute Gasteiger partial charge is 0.132 e. The number of hydrogen-bond donors (Lipinski definition) is 1. The maximum atomic E-state index is 8.77. The Kier molecular flexibility index (Phi) is 2.26. The highest BCUT2D eigenvalue weighted by molar-refractivity contribution is 6.03. The molecule has 2 rings (SSSR count). The van der Waals surface area contributed by atoms with E-state index in [1.165, 1.54) is 0 Å². The van der Waals surface area contributed by atoms with Crippen molar-refractivity contribution in [2.75, 3.05) is 13.7 Å². The Bertz CT molecular complexity index is 374. The predicted octanol–water partition coefficient (Wildman–Crippen LogP) is 1.66. The molecule has 0 aliphatic carbocycles. The minimum Gasteiger partial charge on any atom is -0.497 e. The van der Waals surface area contributed by atoms with E-state index in [0.717, 1.165) is 11.3 Å². The molecule has 1 aliphatic heterocycles. The third kappa shape index (κ3) is 1.39. The number of ether oxygens (including phenoxy) is 2. The van der Waals surface area contributed by atoms with Gasteiger partial charge in [0.05, 0.1) is 19.4 Å². The van der Waals surface area contributed by atoms with Gasteiger partial charge in [-0.1, -0.05) is 5.16 Å². The van der Waals surface area contributed by atoms with Crippen molar-refractivity contribution in [1.82, 2.24) is 0 Å². The highest BCUT2D eigenvalue weighted by Crippen LogP contribution is 2.29. The number of hydrogen-bond acceptors (Lipinski definition) is 4. The lowest BCUT2D eigenvalue weighted by Gasteiger charge is -2.18. The van der Waals surface area contributed by atoms with Crippen LogP contribution in [0.15, 0.2) is 23.4 Å². The van der Waals surface area contributed by atoms with Crippen LogP contribution in [0.5, 0.6) is 11.5 Å². The largest absolute Gasteiger partial charge is 0.497 e. The fourth-order valence-electron chi connectivity index (χ4n) is 1.48. The van der Waals surface area contributed by atoms with E-state index in [1.54, 1.807) is 13.2 Å². The average molecular weight is 193 g/mol. The normalized spacial score (nSPS) is 17.4. The Morgan fingerprint density at radius 3 is 3.07 bits per heavy atom. The van der Waals surface area contributed by atoms with Crippen LogP contribution in [0.3, 0.4) is 0 Å². The highest BCUT2D eigenvalue weighted by atomic mass is 16.5. The molecule has 4 heteroatoms. The van der Waals surface area contributed by atoms with Gasteiger partial charge in [-0.05, 0) is 12.1 Å². The molecule has 0 bridgehead atoms. The van der Waals surface area contributed by atoms with E-state index in [4.69, 9.17) is 14.7 Å². The van der Waals surface area contributed by atoms with Gasteiger partial charge in [0.1, 0.15) is 11.5 Å². The maximum absolute atomic E-state index is 8.77. The Morgan fingerprint density at radius 1 is 1.50 bits per heavy atom. The van der Waals surface area contributed by atoms with Gasteiger partial charge in [-0.25, -0.2) is 0 Å². The molecule has 0 unspecified atom stereocenters. The molecule has 0 spiro atoms. The molecule has 74 valence electrons. The Morgan fingerprint density at radius 2 is 2.36 bits per heavy atom. The topological polar surface area (TPSA) is 51.0 Å². The molecule has 0 radical (unpaired) electrons. The van der Waals surface area contributed by atoms with E-state index in [9.17, 15) is 0 Å². The summed E-state index contributed by atoms with van der Waals surface area (Å²) in [6.45, 7) is 0.541. The third-order valence-electron chi connectivity index (χ3n) is 2.22. The van der Waals surface area contributed by atoms with Crippen LogP contribution in [0.2, 0.25) is 0 Å². The summed E-state index contributed by atoms with van der Waals surface area (Å²) >= 11 is 0. The van der Waals surface area contributed by atoms with Crippen molar-refractivity contribution in [2.45, 2.75) is 6.42 Å². The maximum Gasteiger partial charge on any atom is 0.132 e. The van der Waals surface area contributed by atoms with Crippen molar-refractivity contribution >= 4 is 5.71 Å². The summed E-state index contributed by atoms with van der Waals surface area (Å²) in [4.78, 5) is 0. The van der Waals surface area contributed by atoms with E-state index in [1.807, 2.05) is 12.1 Å². The molecule has 1 heterocycles. The zero-order valence-corrected chi connectivity index (χ0v) is 7.86. The van der Waals surface area contributed by atoms with Gasteiger partial charge in [0, 0.05) is 18.1 Å². The molecule has 0 atom stereocenters. The van der Waals surface area contributed by atoms with Gasteiger partial charge in [-0.15, -0.1) is 0 Å². The second-order valence-electron chi connectivity index (χ2n) is 3.01. The van der Waals surface area contributed by atoms with Crippen LogP contribution in [0.25, 0.3) is 0 Å². The molecule has 0 aromatic heterocycles. The minimum atomic E-state index is 0.541. The fraction of sp³-hybridized carbons (Fsp3) is 0.300. The molecule has 14 heavy (non-hydrogen) atoms. The Balaban J connectivity index is 2.46. The summed E-state index contributed by atoms with van der Waals surface area (Å²) < 4.78 is 10.5. The van der Waals surface area contributed by atoms with Gasteiger partial charge in [0.25, 0.3) is 0 Å². The van der Waals surface area contributed by atoms with Gasteiger partial charge >= 0.3 is 0 Å². The SMILES string of the molecule is COc1ccc2c(c1)OCCC2=NO. The van der Waals surface area contributed by atoms with Crippen LogP contribution >= 0.6 is 0 Å². The molecule has 1 aromatic rings. The van der Waals surface area contributed by atoms with Crippen LogP contribution in [0, 0.1) is 0 Å². The quantitative estimate of drug-likeness (QED) is 0.545. The summed E-state index contributed by atoms with van der Waals surface area (Å²) in [5, 5.41) is 12.0. The monoisotopic (exact) mass is 193 g/mol. The molecular formula is C10H11NO3.